The van der Waals surface area contributed by atoms with Crippen molar-refractivity contribution in [1.29, 1.82) is 0 Å². The van der Waals surface area contributed by atoms with Crippen LogP contribution in [-0.4, -0.2) is 35.1 Å². The summed E-state index contributed by atoms with van der Waals surface area (Å²) in [5.74, 6) is -0.733. The molecular weight excluding hydrogens is 372 g/mol. The molecule has 1 heterocycles. The van der Waals surface area contributed by atoms with Gasteiger partial charge in [-0.05, 0) is 51.1 Å². The number of nitrogens with zero attached hydrogens (tertiary/aromatic N) is 2. The van der Waals surface area contributed by atoms with E-state index in [4.69, 9.17) is 14.2 Å². The number of benzene rings is 2. The quantitative estimate of drug-likeness (QED) is 0.562. The Labute approximate surface area is 168 Å². The molecule has 2 aromatic carbocycles. The van der Waals surface area contributed by atoms with Crippen LogP contribution in [-0.2, 0) is 16.1 Å². The van der Waals surface area contributed by atoms with Crippen molar-refractivity contribution in [3.05, 3.63) is 65.0 Å². The van der Waals surface area contributed by atoms with Gasteiger partial charge in [-0.1, -0.05) is 12.1 Å². The summed E-state index contributed by atoms with van der Waals surface area (Å²) in [5.41, 5.74) is 3.42. The van der Waals surface area contributed by atoms with Gasteiger partial charge in [-0.15, -0.1) is 0 Å². The fourth-order valence-corrected chi connectivity index (χ4v) is 2.76. The van der Waals surface area contributed by atoms with Crippen molar-refractivity contribution < 1.29 is 23.8 Å². The minimum absolute atomic E-state index is 0.137. The van der Waals surface area contributed by atoms with Crippen molar-refractivity contribution in [2.24, 2.45) is 0 Å². The van der Waals surface area contributed by atoms with E-state index in [1.54, 1.807) is 13.8 Å². The molecule has 7 heteroatoms. The van der Waals surface area contributed by atoms with Gasteiger partial charge in [-0.25, -0.2) is 19.6 Å². The number of para-hydroxylation sites is 2. The van der Waals surface area contributed by atoms with Gasteiger partial charge in [0.25, 0.3) is 0 Å². The molecule has 0 N–H and O–H groups in total. The van der Waals surface area contributed by atoms with Crippen LogP contribution in [0.1, 0.15) is 46.0 Å². The highest BCUT2D eigenvalue weighted by molar-refractivity contribution is 5.96. The van der Waals surface area contributed by atoms with Crippen LogP contribution in [0.25, 0.3) is 11.0 Å². The van der Waals surface area contributed by atoms with Gasteiger partial charge in [0.2, 0.25) is 0 Å². The van der Waals surface area contributed by atoms with Crippen LogP contribution in [0.15, 0.2) is 42.5 Å². The van der Waals surface area contributed by atoms with Crippen molar-refractivity contribution in [3.63, 3.8) is 0 Å². The summed E-state index contributed by atoms with van der Waals surface area (Å²) in [4.78, 5) is 33.4. The van der Waals surface area contributed by atoms with Crippen LogP contribution in [0.5, 0.6) is 5.75 Å². The molecule has 0 aliphatic carbocycles. The highest BCUT2D eigenvalue weighted by Crippen LogP contribution is 2.21. The number of aromatic nitrogens is 2. The molecule has 0 unspecified atom stereocenters. The molecule has 0 saturated carbocycles. The number of rotatable bonds is 7. The van der Waals surface area contributed by atoms with Crippen molar-refractivity contribution in [2.75, 3.05) is 13.2 Å². The SMILES string of the molecule is CCOC(=O)c1cc(OCc2nc3ccccc3nc2C)cc(C(=O)OCC)c1. The Morgan fingerprint density at radius 1 is 0.862 bits per heavy atom. The van der Waals surface area contributed by atoms with Crippen LogP contribution in [0.4, 0.5) is 0 Å². The third-order valence-corrected chi connectivity index (χ3v) is 4.15. The first-order valence-electron chi connectivity index (χ1n) is 9.36. The summed E-state index contributed by atoms with van der Waals surface area (Å²) < 4.78 is 15.9. The maximum absolute atomic E-state index is 12.2. The molecule has 0 saturated heterocycles. The van der Waals surface area contributed by atoms with Crippen LogP contribution >= 0.6 is 0 Å². The Bertz CT molecular complexity index is 1010. The van der Waals surface area contributed by atoms with E-state index in [2.05, 4.69) is 9.97 Å². The highest BCUT2D eigenvalue weighted by Gasteiger charge is 2.16. The number of hydrogen-bond acceptors (Lipinski definition) is 7. The van der Waals surface area contributed by atoms with Crippen molar-refractivity contribution in [2.45, 2.75) is 27.4 Å². The molecule has 0 aliphatic heterocycles. The minimum Gasteiger partial charge on any atom is -0.487 e. The maximum atomic E-state index is 12.2. The number of esters is 2. The molecule has 0 aliphatic rings. The molecular formula is C22H22N2O5. The summed E-state index contributed by atoms with van der Waals surface area (Å²) in [6.07, 6.45) is 0. The number of fused-ring (bicyclic) bond motifs is 1. The summed E-state index contributed by atoms with van der Waals surface area (Å²) >= 11 is 0. The van der Waals surface area contributed by atoms with Crippen molar-refractivity contribution in [1.82, 2.24) is 9.97 Å². The lowest BCUT2D eigenvalue weighted by molar-refractivity contribution is 0.0524. The molecule has 29 heavy (non-hydrogen) atoms. The third kappa shape index (κ3) is 4.87. The number of hydrogen-bond donors (Lipinski definition) is 0. The average Bonchev–Trinajstić information content (AvgIpc) is 2.72. The molecule has 7 nitrogen and oxygen atoms in total. The van der Waals surface area contributed by atoms with Crippen LogP contribution < -0.4 is 4.74 Å². The topological polar surface area (TPSA) is 87.6 Å². The summed E-state index contributed by atoms with van der Waals surface area (Å²) in [6.45, 7) is 5.88. The number of carbonyl (C=O) groups excluding carboxylic acids is 2. The standard InChI is InChI=1S/C22H22N2O5/c1-4-27-21(25)15-10-16(22(26)28-5-2)12-17(11-15)29-13-20-14(3)23-18-8-6-7-9-19(18)24-20/h6-12H,4-5,13H2,1-3H3. The Morgan fingerprint density at radius 3 is 1.97 bits per heavy atom. The zero-order valence-electron chi connectivity index (χ0n) is 16.6. The summed E-state index contributed by atoms with van der Waals surface area (Å²) in [5, 5.41) is 0. The molecule has 0 amide bonds. The van der Waals surface area contributed by atoms with Gasteiger partial charge < -0.3 is 14.2 Å². The van der Waals surface area contributed by atoms with Crippen LogP contribution in [0.2, 0.25) is 0 Å². The predicted octanol–water partition coefficient (Wildman–Crippen LogP) is 3.87. The fourth-order valence-electron chi connectivity index (χ4n) is 2.76. The van der Waals surface area contributed by atoms with Gasteiger partial charge in [0.15, 0.2) is 0 Å². The predicted molar refractivity (Wildman–Crippen MR) is 107 cm³/mol. The van der Waals surface area contributed by atoms with Crippen LogP contribution in [0, 0.1) is 6.92 Å². The second kappa shape index (κ2) is 9.14. The van der Waals surface area contributed by atoms with E-state index in [0.29, 0.717) is 11.4 Å². The van der Waals surface area contributed by atoms with Crippen LogP contribution in [0.3, 0.4) is 0 Å². The van der Waals surface area contributed by atoms with Gasteiger partial charge in [-0.2, -0.15) is 0 Å². The van der Waals surface area contributed by atoms with Crippen molar-refractivity contribution in [3.8, 4) is 5.75 Å². The van der Waals surface area contributed by atoms with E-state index in [0.717, 1.165) is 16.7 Å². The molecule has 3 rings (SSSR count). The second-order valence-corrected chi connectivity index (χ2v) is 6.22. The van der Waals surface area contributed by atoms with Crippen molar-refractivity contribution >= 4 is 23.0 Å². The summed E-state index contributed by atoms with van der Waals surface area (Å²) in [6, 6.07) is 12.1. The van der Waals surface area contributed by atoms with Gasteiger partial charge in [0.05, 0.1) is 46.8 Å². The first-order chi connectivity index (χ1) is 14.0. The number of ether oxygens (including phenoxy) is 3. The normalized spacial score (nSPS) is 10.6. The molecule has 0 radical (unpaired) electrons. The van der Waals surface area contributed by atoms with Gasteiger partial charge in [0.1, 0.15) is 12.4 Å². The Balaban J connectivity index is 1.88. The second-order valence-electron chi connectivity index (χ2n) is 6.22. The highest BCUT2D eigenvalue weighted by atomic mass is 16.5. The van der Waals surface area contributed by atoms with E-state index in [1.165, 1.54) is 18.2 Å². The Morgan fingerprint density at radius 2 is 1.41 bits per heavy atom. The average molecular weight is 394 g/mol. The number of carbonyl (C=O) groups is 2. The Hall–Kier alpha value is -3.48. The first kappa shape index (κ1) is 20.3. The van der Waals surface area contributed by atoms with E-state index < -0.39 is 11.9 Å². The number of aryl methyl sites for hydroxylation is 1. The van der Waals surface area contributed by atoms with E-state index in [9.17, 15) is 9.59 Å². The van der Waals surface area contributed by atoms with Gasteiger partial charge >= 0.3 is 11.9 Å². The zero-order chi connectivity index (χ0) is 20.8. The molecule has 0 bridgehead atoms. The first-order valence-corrected chi connectivity index (χ1v) is 9.36. The molecule has 150 valence electrons. The summed E-state index contributed by atoms with van der Waals surface area (Å²) in [7, 11) is 0. The molecule has 1 aromatic heterocycles. The molecule has 0 atom stereocenters. The molecule has 0 fully saturated rings. The minimum atomic E-state index is -0.537. The van der Waals surface area contributed by atoms with Gasteiger partial charge in [-0.3, -0.25) is 0 Å². The Kier molecular flexibility index (Phi) is 6.39. The van der Waals surface area contributed by atoms with E-state index in [-0.39, 0.29) is 30.9 Å². The smallest absolute Gasteiger partial charge is 0.338 e. The monoisotopic (exact) mass is 394 g/mol. The van der Waals surface area contributed by atoms with Gasteiger partial charge in [0, 0.05) is 0 Å². The lowest BCUT2D eigenvalue weighted by Crippen LogP contribution is -2.10. The van der Waals surface area contributed by atoms with E-state index in [1.807, 2.05) is 31.2 Å². The molecule has 0 spiro atoms. The lowest BCUT2D eigenvalue weighted by Gasteiger charge is -2.12. The molecule has 3 aromatic rings. The maximum Gasteiger partial charge on any atom is 0.338 e. The largest absolute Gasteiger partial charge is 0.487 e. The van der Waals surface area contributed by atoms with E-state index >= 15 is 0 Å². The zero-order valence-corrected chi connectivity index (χ0v) is 16.6. The fraction of sp³-hybridized carbons (Fsp3) is 0.273. The third-order valence-electron chi connectivity index (χ3n) is 4.15. The lowest BCUT2D eigenvalue weighted by atomic mass is 10.1.